The average Bonchev–Trinajstić information content (AvgIpc) is 3.44. The molecule has 0 spiro atoms. The van der Waals surface area contributed by atoms with Gasteiger partial charge < -0.3 is 20.0 Å². The fraction of sp³-hybridized carbons (Fsp3) is 0.273. The van der Waals surface area contributed by atoms with Crippen LogP contribution in [0.25, 0.3) is 0 Å². The van der Waals surface area contributed by atoms with Crippen LogP contribution in [0.1, 0.15) is 36.2 Å². The average molecular weight is 616 g/mol. The molecule has 0 aliphatic heterocycles. The van der Waals surface area contributed by atoms with Gasteiger partial charge in [0.25, 0.3) is 0 Å². The molecule has 43 heavy (non-hydrogen) atoms. The standard InChI is InChI=1S/C33H37N3O5SSi/c1-32(2,30(39)40-21-22-43(3,4)5)41-36-28(29(37)38)27-23-42-31(34-27)35-33(24-15-9-6-10-16-24,25-17-11-7-12-18-25)26-19-13-8-14-20-26/h6-20,23H,21-22H2,1-5H3,(H,34,35)(H,37,38). The summed E-state index contributed by atoms with van der Waals surface area (Å²) < 4.78 is 5.40. The Kier molecular flexibility index (Phi) is 9.83. The Hall–Kier alpha value is -4.28. The van der Waals surface area contributed by atoms with Crippen molar-refractivity contribution in [3.05, 3.63) is 119 Å². The highest BCUT2D eigenvalue weighted by Crippen LogP contribution is 2.40. The number of aliphatic carboxylic acids is 1. The highest BCUT2D eigenvalue weighted by molar-refractivity contribution is 7.14. The molecular formula is C33H37N3O5SSi. The molecule has 0 bridgehead atoms. The second kappa shape index (κ2) is 13.3. The van der Waals surface area contributed by atoms with Gasteiger partial charge in [0.2, 0.25) is 11.3 Å². The van der Waals surface area contributed by atoms with E-state index in [4.69, 9.17) is 9.57 Å². The van der Waals surface area contributed by atoms with Gasteiger partial charge in [0.15, 0.2) is 5.13 Å². The maximum Gasteiger partial charge on any atom is 0.360 e. The second-order valence-electron chi connectivity index (χ2n) is 11.8. The quantitative estimate of drug-likeness (QED) is 0.0547. The molecule has 1 aromatic heterocycles. The minimum Gasteiger partial charge on any atom is -0.476 e. The van der Waals surface area contributed by atoms with Crippen molar-refractivity contribution in [3.8, 4) is 0 Å². The van der Waals surface area contributed by atoms with Crippen molar-refractivity contribution in [1.82, 2.24) is 4.98 Å². The molecule has 0 fully saturated rings. The smallest absolute Gasteiger partial charge is 0.360 e. The lowest BCUT2D eigenvalue weighted by molar-refractivity contribution is -0.167. The van der Waals surface area contributed by atoms with Gasteiger partial charge >= 0.3 is 11.9 Å². The highest BCUT2D eigenvalue weighted by atomic mass is 32.1. The van der Waals surface area contributed by atoms with Gasteiger partial charge in [-0.2, -0.15) is 0 Å². The molecule has 1 heterocycles. The summed E-state index contributed by atoms with van der Waals surface area (Å²) in [5.41, 5.74) is 0.303. The van der Waals surface area contributed by atoms with Crippen LogP contribution in [-0.2, 0) is 24.7 Å². The number of anilines is 1. The molecule has 2 N–H and O–H groups in total. The summed E-state index contributed by atoms with van der Waals surface area (Å²) in [4.78, 5) is 35.0. The Balaban J connectivity index is 1.67. The number of carbonyl (C=O) groups excluding carboxylic acids is 1. The van der Waals surface area contributed by atoms with E-state index >= 15 is 0 Å². The van der Waals surface area contributed by atoms with Gasteiger partial charge in [0.05, 0.1) is 6.61 Å². The number of hydrogen-bond acceptors (Lipinski definition) is 8. The van der Waals surface area contributed by atoms with Crippen LogP contribution in [0.5, 0.6) is 0 Å². The molecule has 224 valence electrons. The number of ether oxygens (including phenoxy) is 1. The summed E-state index contributed by atoms with van der Waals surface area (Å²) in [5, 5.41) is 19.6. The van der Waals surface area contributed by atoms with E-state index in [1.807, 2.05) is 91.0 Å². The maximum atomic E-state index is 12.7. The van der Waals surface area contributed by atoms with Gasteiger partial charge in [-0.15, -0.1) is 11.3 Å². The fourth-order valence-electron chi connectivity index (χ4n) is 4.40. The van der Waals surface area contributed by atoms with Crippen LogP contribution < -0.4 is 5.32 Å². The lowest BCUT2D eigenvalue weighted by atomic mass is 9.77. The van der Waals surface area contributed by atoms with Gasteiger partial charge in [-0.25, -0.2) is 14.6 Å². The number of rotatable bonds is 13. The number of thiazole rings is 1. The van der Waals surface area contributed by atoms with Crippen molar-refractivity contribution >= 4 is 42.2 Å². The minimum atomic E-state index is -1.49. The van der Waals surface area contributed by atoms with Crippen LogP contribution in [-0.4, -0.2) is 48.0 Å². The van der Waals surface area contributed by atoms with E-state index in [1.165, 1.54) is 25.2 Å². The summed E-state index contributed by atoms with van der Waals surface area (Å²) in [6, 6.07) is 30.9. The molecule has 0 aliphatic carbocycles. The van der Waals surface area contributed by atoms with Gasteiger partial charge in [0, 0.05) is 13.5 Å². The number of esters is 1. The first kappa shape index (κ1) is 31.6. The first-order valence-electron chi connectivity index (χ1n) is 14.0. The number of hydrogen-bond donors (Lipinski definition) is 2. The fourth-order valence-corrected chi connectivity index (χ4v) is 5.86. The number of oxime groups is 1. The lowest BCUT2D eigenvalue weighted by Gasteiger charge is -2.36. The summed E-state index contributed by atoms with van der Waals surface area (Å²) in [6.45, 7) is 9.83. The number of carboxylic acid groups (broad SMARTS) is 1. The van der Waals surface area contributed by atoms with E-state index in [0.29, 0.717) is 5.13 Å². The van der Waals surface area contributed by atoms with E-state index in [-0.39, 0.29) is 12.3 Å². The zero-order valence-electron chi connectivity index (χ0n) is 25.0. The van der Waals surface area contributed by atoms with Crippen LogP contribution in [0, 0.1) is 0 Å². The third-order valence-corrected chi connectivity index (χ3v) is 9.27. The first-order chi connectivity index (χ1) is 20.4. The Morgan fingerprint density at radius 3 is 1.81 bits per heavy atom. The molecule has 0 radical (unpaired) electrons. The van der Waals surface area contributed by atoms with Gasteiger partial charge in [0.1, 0.15) is 11.2 Å². The van der Waals surface area contributed by atoms with Crippen LogP contribution in [0.15, 0.2) is 102 Å². The highest BCUT2D eigenvalue weighted by Gasteiger charge is 2.38. The molecule has 4 aromatic rings. The summed E-state index contributed by atoms with van der Waals surface area (Å²) >= 11 is 1.25. The molecule has 0 saturated carbocycles. The lowest BCUT2D eigenvalue weighted by Crippen LogP contribution is -2.38. The van der Waals surface area contributed by atoms with Crippen molar-refractivity contribution in [2.45, 2.75) is 50.7 Å². The third-order valence-electron chi connectivity index (χ3n) is 6.81. The van der Waals surface area contributed by atoms with Gasteiger partial charge in [-0.1, -0.05) is 116 Å². The van der Waals surface area contributed by atoms with E-state index in [1.54, 1.807) is 5.38 Å². The number of nitrogens with one attached hydrogen (secondary N) is 1. The van der Waals surface area contributed by atoms with Crippen molar-refractivity contribution in [2.24, 2.45) is 5.16 Å². The molecule has 4 rings (SSSR count). The Bertz CT molecular complexity index is 1460. The first-order valence-corrected chi connectivity index (χ1v) is 18.6. The number of benzene rings is 3. The SMILES string of the molecule is CC(C)(ON=C(C(=O)O)c1csc(NC(c2ccccc2)(c2ccccc2)c2ccccc2)n1)C(=O)OCC[Si](C)(C)C. The normalized spacial score (nSPS) is 12.4. The van der Waals surface area contributed by atoms with Crippen molar-refractivity contribution in [3.63, 3.8) is 0 Å². The van der Waals surface area contributed by atoms with Crippen molar-refractivity contribution in [2.75, 3.05) is 11.9 Å². The van der Waals surface area contributed by atoms with E-state index in [0.717, 1.165) is 22.7 Å². The molecule has 3 aromatic carbocycles. The van der Waals surface area contributed by atoms with E-state index < -0.39 is 36.9 Å². The largest absolute Gasteiger partial charge is 0.476 e. The molecule has 8 nitrogen and oxygen atoms in total. The summed E-state index contributed by atoms with van der Waals surface area (Å²) in [6.07, 6.45) is 0. The van der Waals surface area contributed by atoms with Gasteiger partial charge in [-0.3, -0.25) is 0 Å². The van der Waals surface area contributed by atoms with Crippen LogP contribution in [0.3, 0.4) is 0 Å². The maximum absolute atomic E-state index is 12.7. The van der Waals surface area contributed by atoms with E-state index in [2.05, 4.69) is 35.1 Å². The number of nitrogens with zero attached hydrogens (tertiary/aromatic N) is 2. The molecule has 0 aliphatic rings. The third kappa shape index (κ3) is 7.77. The molecule has 0 unspecified atom stereocenters. The molecule has 0 atom stereocenters. The van der Waals surface area contributed by atoms with E-state index in [9.17, 15) is 14.7 Å². The molecule has 0 saturated heterocycles. The molecular weight excluding hydrogens is 579 g/mol. The number of aromatic nitrogens is 1. The monoisotopic (exact) mass is 615 g/mol. The predicted octanol–water partition coefficient (Wildman–Crippen LogP) is 7.01. The van der Waals surface area contributed by atoms with Crippen molar-refractivity contribution in [1.29, 1.82) is 0 Å². The molecule has 0 amide bonds. The minimum absolute atomic E-state index is 0.103. The zero-order valence-corrected chi connectivity index (χ0v) is 26.9. The van der Waals surface area contributed by atoms with Crippen molar-refractivity contribution < 1.29 is 24.3 Å². The van der Waals surface area contributed by atoms with Gasteiger partial charge in [-0.05, 0) is 36.6 Å². The summed E-state index contributed by atoms with van der Waals surface area (Å²) in [5.74, 6) is -1.95. The second-order valence-corrected chi connectivity index (χ2v) is 18.3. The van der Waals surface area contributed by atoms with Crippen LogP contribution in [0.4, 0.5) is 5.13 Å². The Morgan fingerprint density at radius 2 is 1.37 bits per heavy atom. The number of carboxylic acids is 1. The Labute approximate surface area is 257 Å². The zero-order chi connectivity index (χ0) is 31.1. The topological polar surface area (TPSA) is 110 Å². The summed E-state index contributed by atoms with van der Waals surface area (Å²) in [7, 11) is -1.40. The number of carbonyl (C=O) groups is 2. The molecule has 10 heteroatoms. The van der Waals surface area contributed by atoms with Crippen LogP contribution >= 0.6 is 11.3 Å². The van der Waals surface area contributed by atoms with Crippen LogP contribution in [0.2, 0.25) is 25.7 Å². The predicted molar refractivity (Wildman–Crippen MR) is 173 cm³/mol. The Morgan fingerprint density at radius 1 is 0.884 bits per heavy atom.